The zero-order valence-corrected chi connectivity index (χ0v) is 12.2. The fraction of sp³-hybridized carbons (Fsp3) is 0.533. The molecule has 1 aromatic carbocycles. The van der Waals surface area contributed by atoms with Crippen LogP contribution in [0.25, 0.3) is 0 Å². The smallest absolute Gasteiger partial charge is 0.251 e. The van der Waals surface area contributed by atoms with Gasteiger partial charge < -0.3 is 10.4 Å². The molecule has 1 aliphatic carbocycles. The molecule has 0 saturated heterocycles. The zero-order valence-electron chi connectivity index (χ0n) is 11.5. The molecule has 110 valence electrons. The highest BCUT2D eigenvalue weighted by atomic mass is 35.5. The van der Waals surface area contributed by atoms with Crippen LogP contribution in [-0.2, 0) is 0 Å². The van der Waals surface area contributed by atoms with Crippen molar-refractivity contribution in [1.29, 1.82) is 0 Å². The quantitative estimate of drug-likeness (QED) is 0.901. The maximum absolute atomic E-state index is 13.0. The number of rotatable bonds is 3. The first-order valence-electron chi connectivity index (χ1n) is 6.85. The van der Waals surface area contributed by atoms with E-state index in [4.69, 9.17) is 11.6 Å². The van der Waals surface area contributed by atoms with E-state index < -0.39 is 11.4 Å². The molecule has 1 amide bonds. The molecule has 0 spiro atoms. The molecule has 0 radical (unpaired) electrons. The highest BCUT2D eigenvalue weighted by Crippen LogP contribution is 2.31. The van der Waals surface area contributed by atoms with Gasteiger partial charge in [-0.3, -0.25) is 4.79 Å². The molecule has 1 aliphatic rings. The molecule has 0 bridgehead atoms. The summed E-state index contributed by atoms with van der Waals surface area (Å²) < 4.78 is 13.0. The van der Waals surface area contributed by atoms with E-state index >= 15 is 0 Å². The Labute approximate surface area is 123 Å². The molecule has 5 heteroatoms. The number of nitrogens with one attached hydrogen (secondary N) is 1. The number of aliphatic hydroxyl groups is 1. The normalized spacial score (nSPS) is 26.3. The van der Waals surface area contributed by atoms with Crippen LogP contribution in [0.5, 0.6) is 0 Å². The van der Waals surface area contributed by atoms with Crippen molar-refractivity contribution in [3.05, 3.63) is 34.6 Å². The lowest BCUT2D eigenvalue weighted by Gasteiger charge is -2.34. The lowest BCUT2D eigenvalue weighted by atomic mass is 9.79. The number of carbonyl (C=O) groups excluding carboxylic acids is 1. The summed E-state index contributed by atoms with van der Waals surface area (Å²) in [5.74, 6) is -0.274. The summed E-state index contributed by atoms with van der Waals surface area (Å²) in [5.41, 5.74) is -0.532. The maximum Gasteiger partial charge on any atom is 0.251 e. The topological polar surface area (TPSA) is 49.3 Å². The Morgan fingerprint density at radius 3 is 2.75 bits per heavy atom. The van der Waals surface area contributed by atoms with Crippen molar-refractivity contribution in [2.75, 3.05) is 6.54 Å². The van der Waals surface area contributed by atoms with Crippen LogP contribution in [0.2, 0.25) is 5.02 Å². The van der Waals surface area contributed by atoms with Gasteiger partial charge in [0, 0.05) is 12.1 Å². The van der Waals surface area contributed by atoms with Gasteiger partial charge in [-0.05, 0) is 49.8 Å². The number of hydrogen-bond donors (Lipinski definition) is 2. The van der Waals surface area contributed by atoms with Crippen molar-refractivity contribution in [1.82, 2.24) is 5.32 Å². The number of hydrogen-bond acceptors (Lipinski definition) is 2. The minimum Gasteiger partial charge on any atom is -0.388 e. The first-order valence-corrected chi connectivity index (χ1v) is 7.23. The van der Waals surface area contributed by atoms with Gasteiger partial charge in [0.25, 0.3) is 5.91 Å². The van der Waals surface area contributed by atoms with Gasteiger partial charge in [0.05, 0.1) is 10.6 Å². The highest BCUT2D eigenvalue weighted by Gasteiger charge is 2.32. The summed E-state index contributed by atoms with van der Waals surface area (Å²) in [6, 6.07) is 3.83. The van der Waals surface area contributed by atoms with Crippen LogP contribution >= 0.6 is 11.6 Å². The van der Waals surface area contributed by atoms with Crippen molar-refractivity contribution in [2.24, 2.45) is 5.92 Å². The Balaban J connectivity index is 1.93. The van der Waals surface area contributed by atoms with E-state index in [-0.39, 0.29) is 17.5 Å². The Kier molecular flexibility index (Phi) is 4.66. The average molecular weight is 300 g/mol. The Morgan fingerprint density at radius 2 is 2.15 bits per heavy atom. The van der Waals surface area contributed by atoms with Crippen molar-refractivity contribution in [2.45, 2.75) is 38.2 Å². The monoisotopic (exact) mass is 299 g/mol. The van der Waals surface area contributed by atoms with Gasteiger partial charge in [-0.15, -0.1) is 0 Å². The zero-order chi connectivity index (χ0) is 14.8. The third-order valence-corrected chi connectivity index (χ3v) is 4.25. The molecule has 2 rings (SSSR count). The molecule has 3 nitrogen and oxygen atoms in total. The van der Waals surface area contributed by atoms with Crippen LogP contribution in [0.1, 0.15) is 43.0 Å². The SMILES string of the molecule is CC1CCC(O)(CNC(=O)c2ccc(F)c(Cl)c2)CC1. The Morgan fingerprint density at radius 1 is 1.50 bits per heavy atom. The molecule has 0 aliphatic heterocycles. The van der Waals surface area contributed by atoms with Crippen molar-refractivity contribution in [3.63, 3.8) is 0 Å². The number of carbonyl (C=O) groups is 1. The van der Waals surface area contributed by atoms with Crippen molar-refractivity contribution in [3.8, 4) is 0 Å². The van der Waals surface area contributed by atoms with Crippen molar-refractivity contribution >= 4 is 17.5 Å². The van der Waals surface area contributed by atoms with Gasteiger partial charge in [-0.2, -0.15) is 0 Å². The molecule has 1 saturated carbocycles. The summed E-state index contributed by atoms with van der Waals surface area (Å²) in [6.45, 7) is 2.38. The molecular weight excluding hydrogens is 281 g/mol. The second-order valence-corrected chi connectivity index (χ2v) is 6.13. The van der Waals surface area contributed by atoms with Gasteiger partial charge in [0.2, 0.25) is 0 Å². The largest absolute Gasteiger partial charge is 0.388 e. The second kappa shape index (κ2) is 6.10. The van der Waals surface area contributed by atoms with Gasteiger partial charge in [-0.1, -0.05) is 18.5 Å². The molecule has 2 N–H and O–H groups in total. The summed E-state index contributed by atoms with van der Waals surface area (Å²) in [7, 11) is 0. The molecule has 0 heterocycles. The third-order valence-electron chi connectivity index (χ3n) is 3.96. The van der Waals surface area contributed by atoms with Gasteiger partial charge in [0.15, 0.2) is 0 Å². The molecule has 0 atom stereocenters. The van der Waals surface area contributed by atoms with E-state index in [1.165, 1.54) is 12.1 Å². The summed E-state index contributed by atoms with van der Waals surface area (Å²) in [6.07, 6.45) is 3.32. The number of halogens is 2. The average Bonchev–Trinajstić information content (AvgIpc) is 2.43. The van der Waals surface area contributed by atoms with E-state index in [9.17, 15) is 14.3 Å². The predicted molar refractivity (Wildman–Crippen MR) is 76.3 cm³/mol. The minimum absolute atomic E-state index is 0.0807. The molecule has 1 fully saturated rings. The minimum atomic E-state index is -0.827. The van der Waals surface area contributed by atoms with Crippen LogP contribution in [0, 0.1) is 11.7 Å². The molecule has 0 unspecified atom stereocenters. The lowest BCUT2D eigenvalue weighted by molar-refractivity contribution is -0.00540. The van der Waals surface area contributed by atoms with Crippen LogP contribution in [0.3, 0.4) is 0 Å². The Bertz CT molecular complexity index is 499. The van der Waals surface area contributed by atoms with E-state index in [1.807, 2.05) is 0 Å². The fourth-order valence-electron chi connectivity index (χ4n) is 2.46. The maximum atomic E-state index is 13.0. The third kappa shape index (κ3) is 3.70. The van der Waals surface area contributed by atoms with E-state index in [0.29, 0.717) is 24.3 Å². The van der Waals surface area contributed by atoms with Gasteiger partial charge in [-0.25, -0.2) is 4.39 Å². The van der Waals surface area contributed by atoms with Crippen LogP contribution in [0.4, 0.5) is 4.39 Å². The number of benzene rings is 1. The molecular formula is C15H19ClFNO2. The van der Waals surface area contributed by atoms with Crippen LogP contribution in [0.15, 0.2) is 18.2 Å². The highest BCUT2D eigenvalue weighted by molar-refractivity contribution is 6.31. The first-order chi connectivity index (χ1) is 9.39. The van der Waals surface area contributed by atoms with E-state index in [0.717, 1.165) is 18.9 Å². The standard InChI is InChI=1S/C15H19ClFNO2/c1-10-4-6-15(20,7-5-10)9-18-14(19)11-2-3-13(17)12(16)8-11/h2-3,8,10,20H,4-7,9H2,1H3,(H,18,19). The molecule has 20 heavy (non-hydrogen) atoms. The van der Waals surface area contributed by atoms with Gasteiger partial charge in [0.1, 0.15) is 5.82 Å². The molecule has 1 aromatic rings. The second-order valence-electron chi connectivity index (χ2n) is 5.72. The lowest BCUT2D eigenvalue weighted by Crippen LogP contribution is -2.45. The van der Waals surface area contributed by atoms with Gasteiger partial charge >= 0.3 is 0 Å². The predicted octanol–water partition coefficient (Wildman–Crippen LogP) is 3.15. The van der Waals surface area contributed by atoms with Crippen molar-refractivity contribution < 1.29 is 14.3 Å². The molecule has 0 aromatic heterocycles. The number of amides is 1. The van der Waals surface area contributed by atoms with Crippen LogP contribution in [-0.4, -0.2) is 23.2 Å². The van der Waals surface area contributed by atoms with Crippen LogP contribution < -0.4 is 5.32 Å². The van der Waals surface area contributed by atoms with E-state index in [2.05, 4.69) is 12.2 Å². The summed E-state index contributed by atoms with van der Waals surface area (Å²) >= 11 is 5.65. The Hall–Kier alpha value is -1.13. The summed E-state index contributed by atoms with van der Waals surface area (Å²) in [5, 5.41) is 13.0. The fourth-order valence-corrected chi connectivity index (χ4v) is 2.64. The van der Waals surface area contributed by atoms with E-state index in [1.54, 1.807) is 0 Å². The first kappa shape index (κ1) is 15.3. The summed E-state index contributed by atoms with van der Waals surface area (Å²) in [4.78, 5) is 12.0.